The Morgan fingerprint density at radius 3 is 1.25 bits per heavy atom. The molecule has 0 radical (unpaired) electrons. The summed E-state index contributed by atoms with van der Waals surface area (Å²) in [6.07, 6.45) is 0.367. The monoisotopic (exact) mass is 306 g/mol. The average Bonchev–Trinajstić information content (AvgIpc) is 2.46. The van der Waals surface area contributed by atoms with Crippen LogP contribution in [-0.4, -0.2) is 11.6 Å². The summed E-state index contributed by atoms with van der Waals surface area (Å²) < 4.78 is 0. The van der Waals surface area contributed by atoms with E-state index >= 15 is 0 Å². The van der Waals surface area contributed by atoms with E-state index in [1.807, 2.05) is 0 Å². The molecule has 0 atom stereocenters. The van der Waals surface area contributed by atoms with Gasteiger partial charge in [-0.05, 0) is 48.5 Å². The SMILES string of the molecule is O=C(CCC(=O)c1ccc(Cl)cc1)c1ccc(Cl)cc1. The molecule has 0 aliphatic carbocycles. The summed E-state index contributed by atoms with van der Waals surface area (Å²) in [7, 11) is 0. The Bertz CT molecular complexity index is 558. The summed E-state index contributed by atoms with van der Waals surface area (Å²) >= 11 is 11.5. The zero-order chi connectivity index (χ0) is 14.5. The number of hydrogen-bond donors (Lipinski definition) is 0. The predicted octanol–water partition coefficient (Wildman–Crippen LogP) is 4.84. The molecule has 2 aromatic carbocycles. The minimum Gasteiger partial charge on any atom is -0.294 e. The van der Waals surface area contributed by atoms with Crippen LogP contribution in [0.5, 0.6) is 0 Å². The molecule has 0 heterocycles. The number of halogens is 2. The molecule has 0 unspecified atom stereocenters. The second kappa shape index (κ2) is 6.69. The van der Waals surface area contributed by atoms with Crippen LogP contribution in [-0.2, 0) is 0 Å². The lowest BCUT2D eigenvalue weighted by Crippen LogP contribution is -2.05. The highest BCUT2D eigenvalue weighted by Crippen LogP contribution is 2.15. The Morgan fingerprint density at radius 2 is 0.950 bits per heavy atom. The van der Waals surface area contributed by atoms with Gasteiger partial charge in [0.2, 0.25) is 0 Å². The highest BCUT2D eigenvalue weighted by Gasteiger charge is 2.11. The number of Topliss-reactive ketones (excluding diaryl/α,β-unsaturated/α-hetero) is 2. The standard InChI is InChI=1S/C16H12Cl2O2/c17-13-5-1-11(2-6-13)15(19)9-10-16(20)12-3-7-14(18)8-4-12/h1-8H,9-10H2. The molecule has 0 saturated carbocycles. The van der Waals surface area contributed by atoms with E-state index in [1.165, 1.54) is 0 Å². The Balaban J connectivity index is 1.94. The van der Waals surface area contributed by atoms with Crippen molar-refractivity contribution < 1.29 is 9.59 Å². The van der Waals surface area contributed by atoms with Crippen molar-refractivity contribution in [1.29, 1.82) is 0 Å². The summed E-state index contributed by atoms with van der Waals surface area (Å²) in [6, 6.07) is 13.3. The Morgan fingerprint density at radius 1 is 0.650 bits per heavy atom. The van der Waals surface area contributed by atoms with Crippen LogP contribution in [0.15, 0.2) is 48.5 Å². The molecule has 0 aliphatic heterocycles. The van der Waals surface area contributed by atoms with Crippen LogP contribution >= 0.6 is 23.2 Å². The lowest BCUT2D eigenvalue weighted by Gasteiger charge is -2.02. The van der Waals surface area contributed by atoms with E-state index in [4.69, 9.17) is 23.2 Å². The third-order valence-corrected chi connectivity index (χ3v) is 3.42. The van der Waals surface area contributed by atoms with E-state index in [9.17, 15) is 9.59 Å². The second-order valence-electron chi connectivity index (χ2n) is 4.36. The number of benzene rings is 2. The van der Waals surface area contributed by atoms with Gasteiger partial charge in [0.15, 0.2) is 11.6 Å². The second-order valence-corrected chi connectivity index (χ2v) is 5.23. The van der Waals surface area contributed by atoms with Crippen LogP contribution < -0.4 is 0 Å². The van der Waals surface area contributed by atoms with Gasteiger partial charge in [-0.2, -0.15) is 0 Å². The molecule has 0 aliphatic rings. The predicted molar refractivity (Wildman–Crippen MR) is 80.8 cm³/mol. The maximum Gasteiger partial charge on any atom is 0.163 e. The van der Waals surface area contributed by atoms with Crippen LogP contribution in [0.1, 0.15) is 33.6 Å². The molecule has 102 valence electrons. The van der Waals surface area contributed by atoms with Gasteiger partial charge < -0.3 is 0 Å². The summed E-state index contributed by atoms with van der Waals surface area (Å²) in [6.45, 7) is 0. The van der Waals surface area contributed by atoms with Crippen molar-refractivity contribution in [2.75, 3.05) is 0 Å². The highest BCUT2D eigenvalue weighted by molar-refractivity contribution is 6.31. The smallest absolute Gasteiger partial charge is 0.163 e. The van der Waals surface area contributed by atoms with E-state index in [-0.39, 0.29) is 24.4 Å². The lowest BCUT2D eigenvalue weighted by molar-refractivity contribution is 0.0917. The average molecular weight is 307 g/mol. The fraction of sp³-hybridized carbons (Fsp3) is 0.125. The number of carbonyl (C=O) groups excluding carboxylic acids is 2. The number of carbonyl (C=O) groups is 2. The first-order chi connectivity index (χ1) is 9.56. The zero-order valence-corrected chi connectivity index (χ0v) is 12.1. The van der Waals surface area contributed by atoms with Crippen LogP contribution in [0.25, 0.3) is 0 Å². The van der Waals surface area contributed by atoms with Crippen molar-refractivity contribution in [3.8, 4) is 0 Å². The van der Waals surface area contributed by atoms with Gasteiger partial charge in [0, 0.05) is 34.0 Å². The molecule has 2 rings (SSSR count). The van der Waals surface area contributed by atoms with Gasteiger partial charge in [-0.25, -0.2) is 0 Å². The first-order valence-corrected chi connectivity index (χ1v) is 6.89. The van der Waals surface area contributed by atoms with Crippen molar-refractivity contribution in [2.24, 2.45) is 0 Å². The summed E-state index contributed by atoms with van der Waals surface area (Å²) in [4.78, 5) is 23.9. The molecule has 0 aromatic heterocycles. The van der Waals surface area contributed by atoms with Gasteiger partial charge in [-0.3, -0.25) is 9.59 Å². The van der Waals surface area contributed by atoms with Gasteiger partial charge >= 0.3 is 0 Å². The summed E-state index contributed by atoms with van der Waals surface area (Å²) in [5, 5.41) is 1.16. The quantitative estimate of drug-likeness (QED) is 0.741. The van der Waals surface area contributed by atoms with Crippen LogP contribution in [0.3, 0.4) is 0 Å². The van der Waals surface area contributed by atoms with Crippen molar-refractivity contribution in [3.63, 3.8) is 0 Å². The third kappa shape index (κ3) is 3.92. The molecule has 0 spiro atoms. The number of ketones is 2. The van der Waals surface area contributed by atoms with Crippen molar-refractivity contribution in [1.82, 2.24) is 0 Å². The zero-order valence-electron chi connectivity index (χ0n) is 10.6. The third-order valence-electron chi connectivity index (χ3n) is 2.91. The highest BCUT2D eigenvalue weighted by atomic mass is 35.5. The molecule has 2 nitrogen and oxygen atoms in total. The molecule has 2 aromatic rings. The minimum absolute atomic E-state index is 0.0658. The first kappa shape index (κ1) is 14.8. The molecule has 0 saturated heterocycles. The lowest BCUT2D eigenvalue weighted by atomic mass is 10.0. The van der Waals surface area contributed by atoms with Gasteiger partial charge in [0.1, 0.15) is 0 Å². The molecule has 0 N–H and O–H groups in total. The van der Waals surface area contributed by atoms with Crippen LogP contribution in [0.4, 0.5) is 0 Å². The maximum absolute atomic E-state index is 11.9. The molecule has 0 amide bonds. The summed E-state index contributed by atoms with van der Waals surface area (Å²) in [5.74, 6) is -0.132. The Kier molecular flexibility index (Phi) is 4.94. The minimum atomic E-state index is -0.0658. The normalized spacial score (nSPS) is 10.3. The molecular weight excluding hydrogens is 295 g/mol. The molecule has 0 fully saturated rings. The van der Waals surface area contributed by atoms with E-state index in [0.717, 1.165) is 0 Å². The summed E-state index contributed by atoms with van der Waals surface area (Å²) in [5.41, 5.74) is 1.14. The Hall–Kier alpha value is -1.64. The van der Waals surface area contributed by atoms with E-state index in [1.54, 1.807) is 48.5 Å². The van der Waals surface area contributed by atoms with Gasteiger partial charge in [0.05, 0.1) is 0 Å². The van der Waals surface area contributed by atoms with E-state index in [2.05, 4.69) is 0 Å². The van der Waals surface area contributed by atoms with Gasteiger partial charge in [0.25, 0.3) is 0 Å². The molecule has 4 heteroatoms. The molecule has 0 bridgehead atoms. The van der Waals surface area contributed by atoms with Crippen molar-refractivity contribution in [3.05, 3.63) is 69.7 Å². The largest absolute Gasteiger partial charge is 0.294 e. The molecular formula is C16H12Cl2O2. The Labute approximate surface area is 127 Å². The topological polar surface area (TPSA) is 34.1 Å². The van der Waals surface area contributed by atoms with Crippen molar-refractivity contribution in [2.45, 2.75) is 12.8 Å². The van der Waals surface area contributed by atoms with E-state index < -0.39 is 0 Å². The fourth-order valence-corrected chi connectivity index (χ4v) is 2.04. The van der Waals surface area contributed by atoms with E-state index in [0.29, 0.717) is 21.2 Å². The first-order valence-electron chi connectivity index (χ1n) is 6.14. The maximum atomic E-state index is 11.9. The number of hydrogen-bond acceptors (Lipinski definition) is 2. The number of rotatable bonds is 5. The fourth-order valence-electron chi connectivity index (χ4n) is 1.79. The van der Waals surface area contributed by atoms with Crippen LogP contribution in [0, 0.1) is 0 Å². The van der Waals surface area contributed by atoms with Crippen molar-refractivity contribution >= 4 is 34.8 Å². The van der Waals surface area contributed by atoms with Crippen LogP contribution in [0.2, 0.25) is 10.0 Å². The van der Waals surface area contributed by atoms with Gasteiger partial charge in [-0.15, -0.1) is 0 Å². The molecule has 20 heavy (non-hydrogen) atoms. The van der Waals surface area contributed by atoms with Gasteiger partial charge in [-0.1, -0.05) is 23.2 Å².